The average molecular weight is 285 g/mol. The first kappa shape index (κ1) is 16.3. The molecule has 2 N–H and O–H groups in total. The maximum absolute atomic E-state index is 9.80. The van der Waals surface area contributed by atoms with Crippen LogP contribution in [0.15, 0.2) is 18.2 Å². The molecule has 3 nitrogen and oxygen atoms in total. The van der Waals surface area contributed by atoms with Gasteiger partial charge in [-0.25, -0.2) is 0 Å². The summed E-state index contributed by atoms with van der Waals surface area (Å²) in [5, 5.41) is 13.6. The van der Waals surface area contributed by atoms with Gasteiger partial charge in [-0.2, -0.15) is 0 Å². The summed E-state index contributed by atoms with van der Waals surface area (Å²) in [6.07, 6.45) is 0. The van der Waals surface area contributed by atoms with Crippen LogP contribution in [0.3, 0.4) is 0 Å². The third-order valence-electron chi connectivity index (χ3n) is 3.26. The van der Waals surface area contributed by atoms with Crippen molar-refractivity contribution in [1.82, 2.24) is 10.2 Å². The lowest BCUT2D eigenvalue weighted by Gasteiger charge is -2.30. The van der Waals surface area contributed by atoms with Crippen molar-refractivity contribution in [2.75, 3.05) is 13.1 Å². The van der Waals surface area contributed by atoms with Crippen molar-refractivity contribution in [3.63, 3.8) is 0 Å². The minimum absolute atomic E-state index is 0.182. The van der Waals surface area contributed by atoms with Gasteiger partial charge in [0.1, 0.15) is 5.75 Å². The summed E-state index contributed by atoms with van der Waals surface area (Å²) < 4.78 is 0. The number of nitrogens with zero attached hydrogens (tertiary/aromatic N) is 1. The van der Waals surface area contributed by atoms with E-state index in [0.717, 1.165) is 18.7 Å². The Kier molecular flexibility index (Phi) is 6.63. The standard InChI is InChI=1S/C15H25ClN2O/c1-11(2)18(12(3)4)9-8-17-10-13-6-5-7-14(16)15(13)19/h5-7,11-12,17,19H,8-10H2,1-4H3. The maximum Gasteiger partial charge on any atom is 0.138 e. The number of rotatable bonds is 7. The summed E-state index contributed by atoms with van der Waals surface area (Å²) >= 11 is 5.87. The lowest BCUT2D eigenvalue weighted by molar-refractivity contribution is 0.175. The molecule has 108 valence electrons. The molecule has 0 atom stereocenters. The van der Waals surface area contributed by atoms with Crippen molar-refractivity contribution < 1.29 is 5.11 Å². The lowest BCUT2D eigenvalue weighted by atomic mass is 10.2. The van der Waals surface area contributed by atoms with E-state index in [2.05, 4.69) is 37.9 Å². The van der Waals surface area contributed by atoms with Gasteiger partial charge in [0.15, 0.2) is 0 Å². The van der Waals surface area contributed by atoms with Crippen LogP contribution in [0.1, 0.15) is 33.3 Å². The quantitative estimate of drug-likeness (QED) is 0.755. The van der Waals surface area contributed by atoms with Crippen LogP contribution < -0.4 is 5.32 Å². The number of aromatic hydroxyl groups is 1. The first-order valence-corrected chi connectivity index (χ1v) is 7.24. The van der Waals surface area contributed by atoms with Crippen LogP contribution >= 0.6 is 11.6 Å². The van der Waals surface area contributed by atoms with Crippen LogP contribution in [0.2, 0.25) is 5.02 Å². The van der Waals surface area contributed by atoms with E-state index in [1.165, 1.54) is 0 Å². The normalized spacial score (nSPS) is 11.8. The highest BCUT2D eigenvalue weighted by atomic mass is 35.5. The predicted molar refractivity (Wildman–Crippen MR) is 81.8 cm³/mol. The van der Waals surface area contributed by atoms with Crippen LogP contribution in [-0.4, -0.2) is 35.2 Å². The molecule has 0 aliphatic carbocycles. The second-order valence-corrected chi connectivity index (χ2v) is 5.76. The van der Waals surface area contributed by atoms with Crippen LogP contribution in [0.25, 0.3) is 0 Å². The Morgan fingerprint density at radius 3 is 2.42 bits per heavy atom. The number of phenols is 1. The van der Waals surface area contributed by atoms with E-state index < -0.39 is 0 Å². The average Bonchev–Trinajstić information content (AvgIpc) is 2.33. The van der Waals surface area contributed by atoms with Gasteiger partial charge in [-0.1, -0.05) is 23.7 Å². The maximum atomic E-state index is 9.80. The highest BCUT2D eigenvalue weighted by Gasteiger charge is 2.12. The SMILES string of the molecule is CC(C)N(CCNCc1cccc(Cl)c1O)C(C)C. The number of phenolic OH excluding ortho intramolecular Hbond substituents is 1. The van der Waals surface area contributed by atoms with Gasteiger partial charge >= 0.3 is 0 Å². The van der Waals surface area contributed by atoms with E-state index in [4.69, 9.17) is 11.6 Å². The number of benzene rings is 1. The molecule has 1 rings (SSSR count). The van der Waals surface area contributed by atoms with Gasteiger partial charge in [0.25, 0.3) is 0 Å². The van der Waals surface area contributed by atoms with Crippen LogP contribution in [-0.2, 0) is 6.54 Å². The van der Waals surface area contributed by atoms with Gasteiger partial charge in [0.05, 0.1) is 5.02 Å². The molecular formula is C15H25ClN2O. The van der Waals surface area contributed by atoms with E-state index in [1.807, 2.05) is 12.1 Å². The molecule has 0 amide bonds. The molecule has 0 unspecified atom stereocenters. The molecule has 1 aromatic carbocycles. The third-order valence-corrected chi connectivity index (χ3v) is 3.56. The molecule has 0 radical (unpaired) electrons. The number of hydrogen-bond donors (Lipinski definition) is 2. The Hall–Kier alpha value is -0.770. The predicted octanol–water partition coefficient (Wildman–Crippen LogP) is 3.25. The largest absolute Gasteiger partial charge is 0.506 e. The second kappa shape index (κ2) is 7.73. The Balaban J connectivity index is 2.40. The molecule has 0 heterocycles. The fraction of sp³-hybridized carbons (Fsp3) is 0.600. The molecule has 4 heteroatoms. The fourth-order valence-electron chi connectivity index (χ4n) is 2.25. The van der Waals surface area contributed by atoms with Crippen molar-refractivity contribution in [1.29, 1.82) is 0 Å². The molecule has 0 bridgehead atoms. The van der Waals surface area contributed by atoms with Gasteiger partial charge < -0.3 is 10.4 Å². The molecule has 19 heavy (non-hydrogen) atoms. The van der Waals surface area contributed by atoms with Crippen LogP contribution in [0.5, 0.6) is 5.75 Å². The van der Waals surface area contributed by atoms with E-state index in [-0.39, 0.29) is 5.75 Å². The van der Waals surface area contributed by atoms with Gasteiger partial charge in [-0.3, -0.25) is 4.90 Å². The number of para-hydroxylation sites is 1. The molecule has 0 aromatic heterocycles. The third kappa shape index (κ3) is 5.01. The van der Waals surface area contributed by atoms with E-state index in [0.29, 0.717) is 23.7 Å². The minimum atomic E-state index is 0.182. The van der Waals surface area contributed by atoms with Crippen LogP contribution in [0, 0.1) is 0 Å². The minimum Gasteiger partial charge on any atom is -0.506 e. The first-order chi connectivity index (χ1) is 8.93. The smallest absolute Gasteiger partial charge is 0.138 e. The molecule has 0 saturated heterocycles. The zero-order valence-corrected chi connectivity index (χ0v) is 13.0. The molecule has 0 spiro atoms. The van der Waals surface area contributed by atoms with E-state index >= 15 is 0 Å². The summed E-state index contributed by atoms with van der Waals surface area (Å²) in [7, 11) is 0. The Labute approximate surface area is 121 Å². The number of hydrogen-bond acceptors (Lipinski definition) is 3. The first-order valence-electron chi connectivity index (χ1n) is 6.86. The highest BCUT2D eigenvalue weighted by Crippen LogP contribution is 2.26. The molecular weight excluding hydrogens is 260 g/mol. The van der Waals surface area contributed by atoms with Crippen molar-refractivity contribution in [2.24, 2.45) is 0 Å². The Morgan fingerprint density at radius 1 is 1.21 bits per heavy atom. The summed E-state index contributed by atoms with van der Waals surface area (Å²) in [5.74, 6) is 0.182. The van der Waals surface area contributed by atoms with Gasteiger partial charge in [0, 0.05) is 37.3 Å². The Bertz CT molecular complexity index is 386. The zero-order valence-electron chi connectivity index (χ0n) is 12.3. The molecule has 1 aromatic rings. The number of nitrogens with one attached hydrogen (secondary N) is 1. The van der Waals surface area contributed by atoms with E-state index in [1.54, 1.807) is 6.07 Å². The molecule has 0 aliphatic rings. The molecule has 0 aliphatic heterocycles. The van der Waals surface area contributed by atoms with Gasteiger partial charge in [-0.15, -0.1) is 0 Å². The summed E-state index contributed by atoms with van der Waals surface area (Å²) in [5.41, 5.74) is 0.841. The van der Waals surface area contributed by atoms with Gasteiger partial charge in [0.2, 0.25) is 0 Å². The van der Waals surface area contributed by atoms with Crippen LogP contribution in [0.4, 0.5) is 0 Å². The number of halogens is 1. The highest BCUT2D eigenvalue weighted by molar-refractivity contribution is 6.32. The van der Waals surface area contributed by atoms with Crippen molar-refractivity contribution >= 4 is 11.6 Å². The summed E-state index contributed by atoms with van der Waals surface area (Å²) in [6.45, 7) is 11.4. The monoisotopic (exact) mass is 284 g/mol. The summed E-state index contributed by atoms with van der Waals surface area (Å²) in [4.78, 5) is 2.44. The van der Waals surface area contributed by atoms with Gasteiger partial charge in [-0.05, 0) is 33.8 Å². The lowest BCUT2D eigenvalue weighted by Crippen LogP contribution is -2.41. The van der Waals surface area contributed by atoms with Crippen molar-refractivity contribution in [3.8, 4) is 5.75 Å². The Morgan fingerprint density at radius 2 is 1.84 bits per heavy atom. The zero-order chi connectivity index (χ0) is 14.4. The van der Waals surface area contributed by atoms with Crippen molar-refractivity contribution in [2.45, 2.75) is 46.3 Å². The molecule has 0 saturated carbocycles. The van der Waals surface area contributed by atoms with Crippen molar-refractivity contribution in [3.05, 3.63) is 28.8 Å². The fourth-order valence-corrected chi connectivity index (χ4v) is 2.44. The summed E-state index contributed by atoms with van der Waals surface area (Å²) in [6, 6.07) is 6.52. The topological polar surface area (TPSA) is 35.5 Å². The second-order valence-electron chi connectivity index (χ2n) is 5.35. The van der Waals surface area contributed by atoms with E-state index in [9.17, 15) is 5.11 Å². The molecule has 0 fully saturated rings.